The van der Waals surface area contributed by atoms with Gasteiger partial charge in [0.15, 0.2) is 5.78 Å². The summed E-state index contributed by atoms with van der Waals surface area (Å²) in [6, 6.07) is 3.22. The molecular weight excluding hydrogens is 276 g/mol. The molecule has 0 bridgehead atoms. The predicted octanol–water partition coefficient (Wildman–Crippen LogP) is 0.650. The van der Waals surface area contributed by atoms with Crippen LogP contribution in [0.15, 0.2) is 18.3 Å². The molecule has 0 radical (unpaired) electrons. The zero-order chi connectivity index (χ0) is 15.4. The highest BCUT2D eigenvalue weighted by molar-refractivity contribution is 5.96. The maximum Gasteiger partial charge on any atom is 0.312 e. The van der Waals surface area contributed by atoms with Gasteiger partial charge >= 0.3 is 11.9 Å². The van der Waals surface area contributed by atoms with Crippen molar-refractivity contribution in [2.75, 3.05) is 18.0 Å². The van der Waals surface area contributed by atoms with Gasteiger partial charge in [0.1, 0.15) is 16.6 Å². The molecule has 1 saturated heterocycles. The van der Waals surface area contributed by atoms with Crippen molar-refractivity contribution in [1.82, 2.24) is 4.98 Å². The number of rotatable bonds is 4. The van der Waals surface area contributed by atoms with Crippen molar-refractivity contribution in [1.29, 1.82) is 0 Å². The summed E-state index contributed by atoms with van der Waals surface area (Å²) in [5.41, 5.74) is -1.98. The first-order valence-electron chi connectivity index (χ1n) is 6.51. The molecule has 0 unspecified atom stereocenters. The molecule has 2 atom stereocenters. The van der Waals surface area contributed by atoms with E-state index in [0.717, 1.165) is 0 Å². The van der Waals surface area contributed by atoms with Crippen LogP contribution in [0.3, 0.4) is 0 Å². The van der Waals surface area contributed by atoms with Crippen molar-refractivity contribution in [2.45, 2.75) is 13.3 Å². The second kappa shape index (κ2) is 4.03. The smallest absolute Gasteiger partial charge is 0.312 e. The van der Waals surface area contributed by atoms with Crippen molar-refractivity contribution in [3.05, 3.63) is 23.9 Å². The largest absolute Gasteiger partial charge is 0.481 e. The molecule has 7 heteroatoms. The van der Waals surface area contributed by atoms with E-state index in [1.54, 1.807) is 17.0 Å². The number of ketones is 1. The van der Waals surface area contributed by atoms with Gasteiger partial charge in [-0.2, -0.15) is 0 Å². The summed E-state index contributed by atoms with van der Waals surface area (Å²) in [4.78, 5) is 39.9. The first-order valence-corrected chi connectivity index (χ1v) is 6.51. The van der Waals surface area contributed by atoms with E-state index < -0.39 is 22.8 Å². The molecular formula is C14H14N2O5. The minimum atomic E-state index is -1.22. The number of aliphatic carboxylic acids is 2. The fourth-order valence-electron chi connectivity index (χ4n) is 3.23. The third-order valence-electron chi connectivity index (χ3n) is 4.61. The molecule has 1 aromatic heterocycles. The van der Waals surface area contributed by atoms with Crippen LogP contribution in [0.25, 0.3) is 0 Å². The van der Waals surface area contributed by atoms with Crippen LogP contribution in [0, 0.1) is 10.8 Å². The standard InChI is InChI=1S/C14H14N2O5/c1-8(17)9-2-3-10(15-4-9)16-6-13(11(18)19)5-14(13,7-16)12(20)21/h2-4H,5-7H2,1H3,(H,18,19)(H,20,21)/t13-,14+. The summed E-state index contributed by atoms with van der Waals surface area (Å²) >= 11 is 0. The molecule has 110 valence electrons. The van der Waals surface area contributed by atoms with E-state index >= 15 is 0 Å². The molecule has 1 aliphatic carbocycles. The highest BCUT2D eigenvalue weighted by Gasteiger charge is 2.81. The van der Waals surface area contributed by atoms with Crippen molar-refractivity contribution in [3.8, 4) is 0 Å². The quantitative estimate of drug-likeness (QED) is 0.784. The number of carbonyl (C=O) groups excluding carboxylic acids is 1. The van der Waals surface area contributed by atoms with Crippen molar-refractivity contribution in [2.24, 2.45) is 10.8 Å². The van der Waals surface area contributed by atoms with Crippen LogP contribution in [0.5, 0.6) is 0 Å². The molecule has 2 fully saturated rings. The Bertz CT molecular complexity index is 628. The van der Waals surface area contributed by atoms with Gasteiger partial charge in [-0.05, 0) is 25.5 Å². The molecule has 1 aliphatic heterocycles. The lowest BCUT2D eigenvalue weighted by Gasteiger charge is -2.21. The zero-order valence-corrected chi connectivity index (χ0v) is 11.4. The summed E-state index contributed by atoms with van der Waals surface area (Å²) in [6.45, 7) is 1.68. The van der Waals surface area contributed by atoms with Crippen LogP contribution in [-0.2, 0) is 9.59 Å². The maximum atomic E-state index is 11.4. The van der Waals surface area contributed by atoms with E-state index in [1.807, 2.05) is 0 Å². The summed E-state index contributed by atoms with van der Waals surface area (Å²) in [5.74, 6) is -1.77. The fraction of sp³-hybridized carbons (Fsp3) is 0.429. The molecule has 0 spiro atoms. The number of carbonyl (C=O) groups is 3. The Hall–Kier alpha value is -2.44. The number of anilines is 1. The number of piperidine rings is 1. The molecule has 1 saturated carbocycles. The first kappa shape index (κ1) is 13.5. The zero-order valence-electron chi connectivity index (χ0n) is 11.4. The number of nitrogens with zero attached hydrogens (tertiary/aromatic N) is 2. The lowest BCUT2D eigenvalue weighted by Crippen LogP contribution is -2.29. The Labute approximate surface area is 120 Å². The average molecular weight is 290 g/mol. The molecule has 7 nitrogen and oxygen atoms in total. The molecule has 2 aliphatic rings. The molecule has 0 aromatic carbocycles. The molecule has 2 heterocycles. The number of fused-ring (bicyclic) bond motifs is 1. The van der Waals surface area contributed by atoms with Gasteiger partial charge in [-0.15, -0.1) is 0 Å². The minimum absolute atomic E-state index is 0.109. The van der Waals surface area contributed by atoms with E-state index in [2.05, 4.69) is 4.98 Å². The molecule has 21 heavy (non-hydrogen) atoms. The lowest BCUT2D eigenvalue weighted by atomic mass is 9.97. The number of pyridine rings is 1. The Morgan fingerprint density at radius 1 is 1.14 bits per heavy atom. The van der Waals surface area contributed by atoms with Crippen LogP contribution in [0.2, 0.25) is 0 Å². The van der Waals surface area contributed by atoms with Crippen LogP contribution in [0.1, 0.15) is 23.7 Å². The molecule has 0 amide bonds. The van der Waals surface area contributed by atoms with E-state index in [9.17, 15) is 24.6 Å². The van der Waals surface area contributed by atoms with Gasteiger partial charge in [0.2, 0.25) is 0 Å². The lowest BCUT2D eigenvalue weighted by molar-refractivity contribution is -0.151. The second-order valence-corrected chi connectivity index (χ2v) is 5.77. The summed E-state index contributed by atoms with van der Waals surface area (Å²) in [7, 11) is 0. The van der Waals surface area contributed by atoms with E-state index in [1.165, 1.54) is 13.1 Å². The average Bonchev–Trinajstić information content (AvgIpc) is 2.98. The highest BCUT2D eigenvalue weighted by atomic mass is 16.4. The Balaban J connectivity index is 1.88. The Kier molecular flexibility index (Phi) is 2.60. The van der Waals surface area contributed by atoms with Crippen LogP contribution in [0.4, 0.5) is 5.82 Å². The number of Topliss-reactive ketones (excluding diaryl/α,β-unsaturated/α-hetero) is 1. The van der Waals surface area contributed by atoms with Crippen LogP contribution in [-0.4, -0.2) is 46.0 Å². The predicted molar refractivity (Wildman–Crippen MR) is 71.2 cm³/mol. The normalized spacial score (nSPS) is 29.9. The minimum Gasteiger partial charge on any atom is -0.481 e. The van der Waals surface area contributed by atoms with Gasteiger partial charge in [0.25, 0.3) is 0 Å². The van der Waals surface area contributed by atoms with Gasteiger partial charge in [-0.3, -0.25) is 14.4 Å². The van der Waals surface area contributed by atoms with E-state index in [4.69, 9.17) is 0 Å². The number of hydrogen-bond donors (Lipinski definition) is 2. The van der Waals surface area contributed by atoms with Crippen molar-refractivity contribution >= 4 is 23.5 Å². The molecule has 3 rings (SSSR count). The Morgan fingerprint density at radius 2 is 1.71 bits per heavy atom. The van der Waals surface area contributed by atoms with Gasteiger partial charge in [-0.25, -0.2) is 4.98 Å². The number of carboxylic acid groups (broad SMARTS) is 2. The van der Waals surface area contributed by atoms with Crippen LogP contribution < -0.4 is 4.90 Å². The van der Waals surface area contributed by atoms with Gasteiger partial charge in [0, 0.05) is 24.8 Å². The number of carboxylic acids is 2. The SMILES string of the molecule is CC(=O)c1ccc(N2C[C@@]3(C(=O)O)C[C@@]3(C(=O)O)C2)nc1. The topological polar surface area (TPSA) is 108 Å². The van der Waals surface area contributed by atoms with Crippen molar-refractivity contribution in [3.63, 3.8) is 0 Å². The number of aromatic nitrogens is 1. The monoisotopic (exact) mass is 290 g/mol. The van der Waals surface area contributed by atoms with Gasteiger partial charge in [-0.1, -0.05) is 0 Å². The third-order valence-corrected chi connectivity index (χ3v) is 4.61. The van der Waals surface area contributed by atoms with Gasteiger partial charge in [0.05, 0.1) is 0 Å². The first-order chi connectivity index (χ1) is 9.82. The Morgan fingerprint density at radius 3 is 2.10 bits per heavy atom. The van der Waals surface area contributed by atoms with Gasteiger partial charge < -0.3 is 15.1 Å². The van der Waals surface area contributed by atoms with E-state index in [0.29, 0.717) is 11.4 Å². The summed E-state index contributed by atoms with van der Waals surface area (Å²) < 4.78 is 0. The highest BCUT2D eigenvalue weighted by Crippen LogP contribution is 2.68. The molecule has 2 N–H and O–H groups in total. The summed E-state index contributed by atoms with van der Waals surface area (Å²) in [5, 5.41) is 18.7. The third kappa shape index (κ3) is 1.66. The van der Waals surface area contributed by atoms with Crippen molar-refractivity contribution < 1.29 is 24.6 Å². The van der Waals surface area contributed by atoms with E-state index in [-0.39, 0.29) is 25.3 Å². The number of hydrogen-bond acceptors (Lipinski definition) is 5. The molecule has 1 aromatic rings. The second-order valence-electron chi connectivity index (χ2n) is 5.77. The van der Waals surface area contributed by atoms with Crippen LogP contribution >= 0.6 is 0 Å². The summed E-state index contributed by atoms with van der Waals surface area (Å²) in [6.07, 6.45) is 1.58. The maximum absolute atomic E-state index is 11.4. The fourth-order valence-corrected chi connectivity index (χ4v) is 3.23.